The molecule has 0 atom stereocenters. The highest BCUT2D eigenvalue weighted by atomic mass is 16.4. The van der Waals surface area contributed by atoms with Gasteiger partial charge in [0.2, 0.25) is 0 Å². The maximum atomic E-state index is 12.6. The minimum Gasteiger partial charge on any atom is -0.477 e. The molecule has 0 amide bonds. The summed E-state index contributed by atoms with van der Waals surface area (Å²) in [6.07, 6.45) is 1.42. The summed E-state index contributed by atoms with van der Waals surface area (Å²) >= 11 is 0. The van der Waals surface area contributed by atoms with Crippen LogP contribution in [0.2, 0.25) is 0 Å². The van der Waals surface area contributed by atoms with Crippen LogP contribution in [0, 0.1) is 11.3 Å². The molecule has 5 nitrogen and oxygen atoms in total. The van der Waals surface area contributed by atoms with Crippen molar-refractivity contribution >= 4 is 11.8 Å². The van der Waals surface area contributed by atoms with E-state index in [0.717, 1.165) is 6.42 Å². The van der Waals surface area contributed by atoms with Gasteiger partial charge < -0.3 is 9.67 Å². The number of carbonyl (C=O) groups excluding carboxylic acids is 1. The quantitative estimate of drug-likeness (QED) is 0.648. The van der Waals surface area contributed by atoms with Crippen molar-refractivity contribution in [2.45, 2.75) is 19.8 Å². The van der Waals surface area contributed by atoms with Crippen molar-refractivity contribution in [2.75, 3.05) is 0 Å². The topological polar surface area (TPSA) is 83.1 Å². The minimum atomic E-state index is -1.08. The summed E-state index contributed by atoms with van der Waals surface area (Å²) in [6, 6.07) is 17.9. The van der Waals surface area contributed by atoms with E-state index in [1.165, 1.54) is 0 Å². The van der Waals surface area contributed by atoms with E-state index in [-0.39, 0.29) is 11.5 Å². The van der Waals surface area contributed by atoms with Crippen molar-refractivity contribution in [1.82, 2.24) is 4.57 Å². The third-order valence-corrected chi connectivity index (χ3v) is 4.79. The van der Waals surface area contributed by atoms with Gasteiger partial charge in [0.25, 0.3) is 0 Å². The van der Waals surface area contributed by atoms with Crippen LogP contribution in [0.15, 0.2) is 54.6 Å². The molecule has 3 aromatic rings. The Kier molecular flexibility index (Phi) is 5.42. The average Bonchev–Trinajstić information content (AvgIpc) is 3.00. The third kappa shape index (κ3) is 3.33. The van der Waals surface area contributed by atoms with E-state index in [9.17, 15) is 20.0 Å². The molecule has 0 unspecified atom stereocenters. The first-order valence-electron chi connectivity index (χ1n) is 9.04. The molecule has 0 aliphatic heterocycles. The molecule has 0 bridgehead atoms. The second-order valence-electron chi connectivity index (χ2n) is 6.54. The first-order chi connectivity index (χ1) is 13.5. The molecule has 1 aromatic heterocycles. The molecule has 28 heavy (non-hydrogen) atoms. The summed E-state index contributed by atoms with van der Waals surface area (Å²) < 4.78 is 1.59. The van der Waals surface area contributed by atoms with Crippen LogP contribution in [0.25, 0.3) is 11.1 Å². The van der Waals surface area contributed by atoms with Gasteiger partial charge in [0.1, 0.15) is 11.8 Å². The van der Waals surface area contributed by atoms with Crippen molar-refractivity contribution in [3.05, 3.63) is 82.7 Å². The van der Waals surface area contributed by atoms with Gasteiger partial charge in [-0.1, -0.05) is 67.9 Å². The predicted molar refractivity (Wildman–Crippen MR) is 106 cm³/mol. The van der Waals surface area contributed by atoms with Gasteiger partial charge in [-0.05, 0) is 12.0 Å². The van der Waals surface area contributed by atoms with Crippen LogP contribution in [0.5, 0.6) is 0 Å². The summed E-state index contributed by atoms with van der Waals surface area (Å²) in [5.41, 5.74) is 3.28. The zero-order valence-corrected chi connectivity index (χ0v) is 15.8. The van der Waals surface area contributed by atoms with Crippen molar-refractivity contribution < 1.29 is 14.7 Å². The zero-order valence-electron chi connectivity index (χ0n) is 15.8. The Morgan fingerprint density at radius 2 is 1.64 bits per heavy atom. The second kappa shape index (κ2) is 7.93. The molecule has 2 aromatic carbocycles. The number of benzene rings is 2. The molecule has 3 rings (SSSR count). The highest BCUT2D eigenvalue weighted by Crippen LogP contribution is 2.33. The lowest BCUT2D eigenvalue weighted by Crippen LogP contribution is -2.08. The first kappa shape index (κ1) is 19.1. The number of carbonyl (C=O) groups is 2. The highest BCUT2D eigenvalue weighted by Gasteiger charge is 2.26. The summed E-state index contributed by atoms with van der Waals surface area (Å²) in [5, 5.41) is 19.4. The van der Waals surface area contributed by atoms with Crippen molar-refractivity contribution in [3.63, 3.8) is 0 Å². The van der Waals surface area contributed by atoms with Crippen LogP contribution in [0.3, 0.4) is 0 Å². The van der Waals surface area contributed by atoms with Crippen molar-refractivity contribution in [2.24, 2.45) is 7.05 Å². The molecular formula is C23H20N2O3. The number of aromatic nitrogens is 1. The number of aromatic carboxylic acids is 1. The number of hydrogen-bond donors (Lipinski definition) is 1. The van der Waals surface area contributed by atoms with Gasteiger partial charge >= 0.3 is 5.97 Å². The molecule has 0 fully saturated rings. The van der Waals surface area contributed by atoms with Gasteiger partial charge in [-0.25, -0.2) is 4.79 Å². The number of hydrogen-bond acceptors (Lipinski definition) is 3. The summed E-state index contributed by atoms with van der Waals surface area (Å²) in [7, 11) is 1.67. The van der Waals surface area contributed by atoms with Gasteiger partial charge in [0.15, 0.2) is 5.78 Å². The van der Waals surface area contributed by atoms with E-state index >= 15 is 0 Å². The molecule has 0 saturated carbocycles. The smallest absolute Gasteiger partial charge is 0.353 e. The van der Waals surface area contributed by atoms with E-state index in [1.807, 2.05) is 13.0 Å². The number of nitriles is 1. The lowest BCUT2D eigenvalue weighted by Gasteiger charge is -2.06. The van der Waals surface area contributed by atoms with E-state index in [4.69, 9.17) is 0 Å². The molecular weight excluding hydrogens is 352 g/mol. The van der Waals surface area contributed by atoms with Crippen LogP contribution >= 0.6 is 0 Å². The van der Waals surface area contributed by atoms with Gasteiger partial charge in [-0.15, -0.1) is 0 Å². The van der Waals surface area contributed by atoms with E-state index in [2.05, 4.69) is 6.07 Å². The Morgan fingerprint density at radius 3 is 2.18 bits per heavy atom. The van der Waals surface area contributed by atoms with E-state index in [0.29, 0.717) is 39.9 Å². The fourth-order valence-electron chi connectivity index (χ4n) is 3.46. The molecule has 0 aliphatic carbocycles. The first-order valence-corrected chi connectivity index (χ1v) is 9.04. The van der Waals surface area contributed by atoms with Crippen LogP contribution < -0.4 is 0 Å². The van der Waals surface area contributed by atoms with Gasteiger partial charge in [-0.3, -0.25) is 4.79 Å². The number of rotatable bonds is 6. The molecule has 0 saturated heterocycles. The SMILES string of the molecule is CCCc1c(C#N)c(-c2ccc(C(=O)c3ccccc3)cc2)c(C(=O)O)n1C. The molecule has 140 valence electrons. The Bertz CT molecular complexity index is 1070. The number of nitrogens with zero attached hydrogens (tertiary/aromatic N) is 2. The van der Waals surface area contributed by atoms with Crippen LogP contribution in [0.4, 0.5) is 0 Å². The Hall–Kier alpha value is -3.65. The second-order valence-corrected chi connectivity index (χ2v) is 6.54. The van der Waals surface area contributed by atoms with E-state index < -0.39 is 5.97 Å². The maximum Gasteiger partial charge on any atom is 0.353 e. The lowest BCUT2D eigenvalue weighted by molar-refractivity contribution is 0.0687. The van der Waals surface area contributed by atoms with Gasteiger partial charge in [-0.2, -0.15) is 5.26 Å². The Morgan fingerprint density at radius 1 is 1.04 bits per heavy atom. The van der Waals surface area contributed by atoms with Crippen LogP contribution in [-0.2, 0) is 13.5 Å². The lowest BCUT2D eigenvalue weighted by atomic mass is 9.96. The molecule has 1 heterocycles. The largest absolute Gasteiger partial charge is 0.477 e. The number of ketones is 1. The molecule has 0 radical (unpaired) electrons. The molecule has 0 aliphatic rings. The predicted octanol–water partition coefficient (Wildman–Crippen LogP) is 4.45. The van der Waals surface area contributed by atoms with Crippen LogP contribution in [0.1, 0.15) is 51.0 Å². The molecule has 1 N–H and O–H groups in total. The van der Waals surface area contributed by atoms with Crippen molar-refractivity contribution in [3.8, 4) is 17.2 Å². The normalized spacial score (nSPS) is 10.5. The van der Waals surface area contributed by atoms with Gasteiger partial charge in [0, 0.05) is 29.4 Å². The summed E-state index contributed by atoms with van der Waals surface area (Å²) in [4.78, 5) is 24.5. The van der Waals surface area contributed by atoms with Crippen molar-refractivity contribution in [1.29, 1.82) is 5.26 Å². The summed E-state index contributed by atoms with van der Waals surface area (Å²) in [6.45, 7) is 1.98. The van der Waals surface area contributed by atoms with E-state index in [1.54, 1.807) is 60.1 Å². The highest BCUT2D eigenvalue weighted by molar-refractivity contribution is 6.09. The Balaban J connectivity index is 2.09. The summed E-state index contributed by atoms with van der Waals surface area (Å²) in [5.74, 6) is -1.19. The maximum absolute atomic E-state index is 12.6. The number of carboxylic acid groups (broad SMARTS) is 1. The molecule has 0 spiro atoms. The average molecular weight is 372 g/mol. The third-order valence-electron chi connectivity index (χ3n) is 4.79. The standard InChI is InChI=1S/C23H20N2O3/c1-3-7-19-18(14-24)20(21(23(27)28)25(19)2)15-10-12-17(13-11-15)22(26)16-8-5-4-6-9-16/h4-6,8-13H,3,7H2,1-2H3,(H,27,28). The fraction of sp³-hybridized carbons (Fsp3) is 0.174. The van der Waals surface area contributed by atoms with Crippen LogP contribution in [-0.4, -0.2) is 21.4 Å². The zero-order chi connectivity index (χ0) is 20.3. The number of carboxylic acids is 1. The molecule has 5 heteroatoms. The van der Waals surface area contributed by atoms with Gasteiger partial charge in [0.05, 0.1) is 5.56 Å². The minimum absolute atomic E-state index is 0.0853. The Labute approximate surface area is 163 Å². The monoisotopic (exact) mass is 372 g/mol. The fourth-order valence-corrected chi connectivity index (χ4v) is 3.46.